The van der Waals surface area contributed by atoms with Gasteiger partial charge >= 0.3 is 11.7 Å². The molecule has 1 atom stereocenters. The van der Waals surface area contributed by atoms with Crippen LogP contribution in [-0.2, 0) is 16.1 Å². The zero-order chi connectivity index (χ0) is 16.3. The van der Waals surface area contributed by atoms with Crippen LogP contribution in [0, 0.1) is 5.92 Å². The van der Waals surface area contributed by atoms with Crippen molar-refractivity contribution in [3.63, 3.8) is 0 Å². The van der Waals surface area contributed by atoms with Crippen LogP contribution in [0.3, 0.4) is 0 Å². The Bertz CT molecular complexity index is 747. The average Bonchev–Trinajstić information content (AvgIpc) is 2.79. The molecule has 0 saturated carbocycles. The number of carboxylic acid groups (broad SMARTS) is 1. The maximum absolute atomic E-state index is 12.0. The maximum atomic E-state index is 12.0. The highest BCUT2D eigenvalue weighted by molar-refractivity contribution is 5.83. The van der Waals surface area contributed by atoms with E-state index < -0.39 is 17.9 Å². The molecule has 0 saturated heterocycles. The number of amides is 1. The number of pyridine rings is 1. The number of carboxylic acids is 1. The SMILES string of the molecule is CC(C)C(NC(=O)CCn1nc2ccccn2c1=O)C(=O)O. The number of aromatic nitrogens is 3. The third kappa shape index (κ3) is 3.33. The van der Waals surface area contributed by atoms with Gasteiger partial charge in [-0.05, 0) is 18.1 Å². The molecule has 0 bridgehead atoms. The first kappa shape index (κ1) is 15.7. The minimum Gasteiger partial charge on any atom is -0.480 e. The molecule has 8 heteroatoms. The summed E-state index contributed by atoms with van der Waals surface area (Å²) < 4.78 is 2.58. The topological polar surface area (TPSA) is 106 Å². The number of nitrogens with zero attached hydrogens (tertiary/aromatic N) is 3. The van der Waals surface area contributed by atoms with Crippen LogP contribution in [0.25, 0.3) is 5.65 Å². The largest absolute Gasteiger partial charge is 0.480 e. The van der Waals surface area contributed by atoms with Crippen molar-refractivity contribution in [3.05, 3.63) is 34.9 Å². The van der Waals surface area contributed by atoms with Gasteiger partial charge in [0, 0.05) is 12.6 Å². The van der Waals surface area contributed by atoms with E-state index in [4.69, 9.17) is 5.11 Å². The lowest BCUT2D eigenvalue weighted by Gasteiger charge is -2.17. The average molecular weight is 306 g/mol. The number of carbonyl (C=O) groups excluding carboxylic acids is 1. The monoisotopic (exact) mass is 306 g/mol. The Morgan fingerprint density at radius 1 is 1.36 bits per heavy atom. The molecule has 2 heterocycles. The van der Waals surface area contributed by atoms with Crippen LogP contribution in [0.2, 0.25) is 0 Å². The molecule has 1 unspecified atom stereocenters. The molecule has 118 valence electrons. The number of rotatable bonds is 6. The van der Waals surface area contributed by atoms with Crippen molar-refractivity contribution >= 4 is 17.5 Å². The Hall–Kier alpha value is -2.64. The van der Waals surface area contributed by atoms with Gasteiger partial charge in [-0.1, -0.05) is 19.9 Å². The first-order valence-electron chi connectivity index (χ1n) is 6.96. The van der Waals surface area contributed by atoms with E-state index >= 15 is 0 Å². The lowest BCUT2D eigenvalue weighted by molar-refractivity contribution is -0.143. The number of hydrogen-bond acceptors (Lipinski definition) is 4. The summed E-state index contributed by atoms with van der Waals surface area (Å²) in [6.07, 6.45) is 1.58. The van der Waals surface area contributed by atoms with Crippen molar-refractivity contribution in [2.45, 2.75) is 32.9 Å². The van der Waals surface area contributed by atoms with E-state index in [1.54, 1.807) is 38.2 Å². The number of aliphatic carboxylic acids is 1. The normalized spacial score (nSPS) is 12.5. The van der Waals surface area contributed by atoms with Crippen LogP contribution in [-0.4, -0.2) is 37.2 Å². The van der Waals surface area contributed by atoms with Crippen LogP contribution < -0.4 is 11.0 Å². The van der Waals surface area contributed by atoms with Gasteiger partial charge in [-0.2, -0.15) is 0 Å². The second-order valence-corrected chi connectivity index (χ2v) is 5.31. The van der Waals surface area contributed by atoms with E-state index in [9.17, 15) is 14.4 Å². The smallest absolute Gasteiger partial charge is 0.350 e. The molecule has 1 amide bonds. The molecule has 2 N–H and O–H groups in total. The van der Waals surface area contributed by atoms with Crippen molar-refractivity contribution in [1.29, 1.82) is 0 Å². The van der Waals surface area contributed by atoms with Crippen LogP contribution in [0.1, 0.15) is 20.3 Å². The van der Waals surface area contributed by atoms with Gasteiger partial charge in [0.2, 0.25) is 5.91 Å². The fraction of sp³-hybridized carbons (Fsp3) is 0.429. The standard InChI is InChI=1S/C14H18N4O4/c1-9(2)12(13(20)21)15-11(19)6-8-18-14(22)17-7-4-3-5-10(17)16-18/h3-5,7,9,12H,6,8H2,1-2H3,(H,15,19)(H,20,21). The second-order valence-electron chi connectivity index (χ2n) is 5.31. The van der Waals surface area contributed by atoms with Crippen LogP contribution in [0.4, 0.5) is 0 Å². The van der Waals surface area contributed by atoms with Gasteiger partial charge in [0.05, 0.1) is 6.54 Å². The summed E-state index contributed by atoms with van der Waals surface area (Å²) in [7, 11) is 0. The molecule has 0 aliphatic carbocycles. The Balaban J connectivity index is 2.02. The van der Waals surface area contributed by atoms with E-state index in [2.05, 4.69) is 10.4 Å². The van der Waals surface area contributed by atoms with E-state index in [0.717, 1.165) is 0 Å². The summed E-state index contributed by atoms with van der Waals surface area (Å²) in [4.78, 5) is 34.9. The highest BCUT2D eigenvalue weighted by Gasteiger charge is 2.23. The number of carbonyl (C=O) groups is 2. The van der Waals surface area contributed by atoms with E-state index in [1.165, 1.54) is 9.08 Å². The summed E-state index contributed by atoms with van der Waals surface area (Å²) in [5.74, 6) is -1.72. The third-order valence-electron chi connectivity index (χ3n) is 3.29. The molecule has 0 spiro atoms. The van der Waals surface area contributed by atoms with Crippen LogP contribution >= 0.6 is 0 Å². The van der Waals surface area contributed by atoms with Gasteiger partial charge in [-0.25, -0.2) is 14.3 Å². The summed E-state index contributed by atoms with van der Waals surface area (Å²) >= 11 is 0. The zero-order valence-corrected chi connectivity index (χ0v) is 12.4. The summed E-state index contributed by atoms with van der Waals surface area (Å²) in [6.45, 7) is 3.52. The lowest BCUT2D eigenvalue weighted by Crippen LogP contribution is -2.44. The highest BCUT2D eigenvalue weighted by atomic mass is 16.4. The van der Waals surface area contributed by atoms with Crippen molar-refractivity contribution in [2.24, 2.45) is 5.92 Å². The number of hydrogen-bond donors (Lipinski definition) is 2. The van der Waals surface area contributed by atoms with E-state index in [-0.39, 0.29) is 24.6 Å². The van der Waals surface area contributed by atoms with Crippen LogP contribution in [0.5, 0.6) is 0 Å². The molecule has 0 aliphatic heterocycles. The Labute approximate surface area is 126 Å². The molecule has 0 radical (unpaired) electrons. The number of aryl methyl sites for hydroxylation is 1. The number of fused-ring (bicyclic) bond motifs is 1. The van der Waals surface area contributed by atoms with Gasteiger partial charge in [0.15, 0.2) is 5.65 Å². The van der Waals surface area contributed by atoms with Gasteiger partial charge in [0.1, 0.15) is 6.04 Å². The molecular formula is C14H18N4O4. The molecule has 0 fully saturated rings. The Kier molecular flexibility index (Phi) is 4.59. The predicted octanol–water partition coefficient (Wildman–Crippen LogP) is 0.111. The third-order valence-corrected chi connectivity index (χ3v) is 3.29. The fourth-order valence-electron chi connectivity index (χ4n) is 2.08. The van der Waals surface area contributed by atoms with E-state index in [1.807, 2.05) is 0 Å². The molecule has 8 nitrogen and oxygen atoms in total. The van der Waals surface area contributed by atoms with Crippen molar-refractivity contribution < 1.29 is 14.7 Å². The highest BCUT2D eigenvalue weighted by Crippen LogP contribution is 2.02. The molecule has 2 rings (SSSR count). The first-order valence-corrected chi connectivity index (χ1v) is 6.96. The molecule has 0 aromatic carbocycles. The maximum Gasteiger partial charge on any atom is 0.350 e. The van der Waals surface area contributed by atoms with Gasteiger partial charge < -0.3 is 10.4 Å². The van der Waals surface area contributed by atoms with Crippen LogP contribution in [0.15, 0.2) is 29.2 Å². The van der Waals surface area contributed by atoms with Crippen molar-refractivity contribution in [2.75, 3.05) is 0 Å². The molecule has 2 aromatic rings. The second kappa shape index (κ2) is 6.42. The lowest BCUT2D eigenvalue weighted by atomic mass is 10.0. The minimum atomic E-state index is -1.08. The van der Waals surface area contributed by atoms with Crippen molar-refractivity contribution in [1.82, 2.24) is 19.5 Å². The Morgan fingerprint density at radius 2 is 2.09 bits per heavy atom. The van der Waals surface area contributed by atoms with Gasteiger partial charge in [-0.3, -0.25) is 9.20 Å². The first-order chi connectivity index (χ1) is 10.4. The summed E-state index contributed by atoms with van der Waals surface area (Å²) in [5.41, 5.74) is 0.167. The minimum absolute atomic E-state index is 0.0136. The summed E-state index contributed by atoms with van der Waals surface area (Å²) in [5, 5.41) is 15.6. The van der Waals surface area contributed by atoms with Gasteiger partial charge in [-0.15, -0.1) is 5.10 Å². The fourth-order valence-corrected chi connectivity index (χ4v) is 2.08. The molecule has 22 heavy (non-hydrogen) atoms. The summed E-state index contributed by atoms with van der Waals surface area (Å²) in [6, 6.07) is 4.23. The molecule has 2 aromatic heterocycles. The predicted molar refractivity (Wildman–Crippen MR) is 78.5 cm³/mol. The molecular weight excluding hydrogens is 288 g/mol. The van der Waals surface area contributed by atoms with Crippen molar-refractivity contribution in [3.8, 4) is 0 Å². The number of nitrogens with one attached hydrogen (secondary N) is 1. The quantitative estimate of drug-likeness (QED) is 0.788. The van der Waals surface area contributed by atoms with Gasteiger partial charge in [0.25, 0.3) is 0 Å². The molecule has 0 aliphatic rings. The Morgan fingerprint density at radius 3 is 2.68 bits per heavy atom. The zero-order valence-electron chi connectivity index (χ0n) is 12.4. The van der Waals surface area contributed by atoms with E-state index in [0.29, 0.717) is 5.65 Å².